The fourth-order valence-corrected chi connectivity index (χ4v) is 0.837. The van der Waals surface area contributed by atoms with E-state index in [2.05, 4.69) is 11.3 Å². The average molecular weight is 175 g/mol. The van der Waals surface area contributed by atoms with Crippen LogP contribution in [0.4, 0.5) is 8.78 Å². The summed E-state index contributed by atoms with van der Waals surface area (Å²) in [5, 5.41) is 3.35. The van der Waals surface area contributed by atoms with Crippen LogP contribution >= 0.6 is 0 Å². The maximum absolute atomic E-state index is 12.2. The third-order valence-corrected chi connectivity index (χ3v) is 1.32. The highest BCUT2D eigenvalue weighted by molar-refractivity contribution is 5.21. The van der Waals surface area contributed by atoms with Crippen LogP contribution in [0.3, 0.4) is 0 Å². The van der Waals surface area contributed by atoms with Crippen LogP contribution in [0.5, 0.6) is 5.88 Å². The van der Waals surface area contributed by atoms with Crippen molar-refractivity contribution in [1.29, 1.82) is 0 Å². The van der Waals surface area contributed by atoms with Gasteiger partial charge in [-0.1, -0.05) is 0 Å². The predicted octanol–water partition coefficient (Wildman–Crippen LogP) is 1.79. The van der Waals surface area contributed by atoms with Crippen molar-refractivity contribution in [3.63, 3.8) is 0 Å². The first kappa shape index (κ1) is 8.96. The number of halogens is 2. The zero-order valence-electron chi connectivity index (χ0n) is 6.84. The lowest BCUT2D eigenvalue weighted by atomic mass is 10.4. The summed E-state index contributed by atoms with van der Waals surface area (Å²) in [4.78, 5) is 0. The quantitative estimate of drug-likeness (QED) is 0.700. The Morgan fingerprint density at radius 2 is 2.33 bits per heavy atom. The maximum Gasteiger partial charge on any atom is 0.336 e. The normalized spacial score (nSPS) is 10.8. The largest absolute Gasteiger partial charge is 0.478 e. The van der Waals surface area contributed by atoms with Gasteiger partial charge in [0.2, 0.25) is 5.88 Å². The molecule has 0 fully saturated rings. The Bertz CT molecular complexity index is 260. The number of hydrogen-bond acceptors (Lipinski definition) is 2. The second kappa shape index (κ2) is 3.51. The summed E-state index contributed by atoms with van der Waals surface area (Å²) in [6.07, 6.45) is 2.41. The standard InChI is InChI=1S/C7H9F2N2O/c1-3-12-6-5(2)4-10-11(6)7(8)9/h7H,3H2,1-2H3. The van der Waals surface area contributed by atoms with E-state index in [0.717, 1.165) is 0 Å². The number of aromatic nitrogens is 2. The Morgan fingerprint density at radius 3 is 2.83 bits per heavy atom. The second-order valence-electron chi connectivity index (χ2n) is 2.20. The third-order valence-electron chi connectivity index (χ3n) is 1.32. The van der Waals surface area contributed by atoms with E-state index in [1.807, 2.05) is 0 Å². The molecule has 1 aromatic rings. The van der Waals surface area contributed by atoms with Gasteiger partial charge in [0.1, 0.15) is 6.20 Å². The van der Waals surface area contributed by atoms with E-state index in [1.54, 1.807) is 13.8 Å². The molecule has 1 aromatic heterocycles. The summed E-state index contributed by atoms with van der Waals surface area (Å²) in [5.74, 6) is 0.0903. The number of nitrogens with zero attached hydrogens (tertiary/aromatic N) is 2. The Hall–Kier alpha value is -1.13. The molecule has 0 aromatic carbocycles. The van der Waals surface area contributed by atoms with Gasteiger partial charge in [0.05, 0.1) is 6.61 Å². The van der Waals surface area contributed by atoms with Crippen LogP contribution in [0.1, 0.15) is 19.0 Å². The van der Waals surface area contributed by atoms with Crippen molar-refractivity contribution >= 4 is 0 Å². The zero-order chi connectivity index (χ0) is 9.14. The molecule has 0 aliphatic heterocycles. The molecule has 0 N–H and O–H groups in total. The lowest BCUT2D eigenvalue weighted by Gasteiger charge is -2.06. The molecule has 0 aliphatic rings. The summed E-state index contributed by atoms with van der Waals surface area (Å²) < 4.78 is 29.8. The summed E-state index contributed by atoms with van der Waals surface area (Å²) >= 11 is 0. The molecule has 1 rings (SSSR count). The number of hydrogen-bond donors (Lipinski definition) is 0. The molecule has 0 amide bonds. The van der Waals surface area contributed by atoms with Gasteiger partial charge in [-0.15, -0.1) is 0 Å². The Kier molecular flexibility index (Phi) is 2.62. The molecule has 67 valence electrons. The van der Waals surface area contributed by atoms with E-state index < -0.39 is 6.55 Å². The van der Waals surface area contributed by atoms with Crippen molar-refractivity contribution in [1.82, 2.24) is 9.78 Å². The highest BCUT2D eigenvalue weighted by Crippen LogP contribution is 2.22. The van der Waals surface area contributed by atoms with Gasteiger partial charge < -0.3 is 4.74 Å². The molecule has 3 nitrogen and oxygen atoms in total. The smallest absolute Gasteiger partial charge is 0.336 e. The minimum atomic E-state index is -2.67. The fourth-order valence-electron chi connectivity index (χ4n) is 0.837. The van der Waals surface area contributed by atoms with E-state index in [1.165, 1.54) is 0 Å². The Labute approximate surface area is 68.9 Å². The molecule has 0 saturated carbocycles. The van der Waals surface area contributed by atoms with Crippen molar-refractivity contribution in [2.24, 2.45) is 0 Å². The van der Waals surface area contributed by atoms with Crippen LogP contribution < -0.4 is 4.74 Å². The number of aryl methyl sites for hydroxylation is 1. The lowest BCUT2D eigenvalue weighted by Crippen LogP contribution is -2.05. The van der Waals surface area contributed by atoms with Gasteiger partial charge in [0.15, 0.2) is 0 Å². The van der Waals surface area contributed by atoms with Crippen molar-refractivity contribution in [2.45, 2.75) is 20.4 Å². The van der Waals surface area contributed by atoms with Crippen LogP contribution in [0.2, 0.25) is 0 Å². The maximum atomic E-state index is 12.2. The van der Waals surface area contributed by atoms with Gasteiger partial charge >= 0.3 is 6.55 Å². The molecule has 12 heavy (non-hydrogen) atoms. The zero-order valence-corrected chi connectivity index (χ0v) is 6.84. The highest BCUT2D eigenvalue weighted by Gasteiger charge is 2.15. The predicted molar refractivity (Wildman–Crippen MR) is 38.2 cm³/mol. The summed E-state index contributed by atoms with van der Waals surface area (Å²) in [6, 6.07) is 0. The minimum absolute atomic E-state index is 0.0903. The highest BCUT2D eigenvalue weighted by atomic mass is 19.3. The number of rotatable bonds is 3. The van der Waals surface area contributed by atoms with Crippen LogP contribution in [-0.4, -0.2) is 16.4 Å². The van der Waals surface area contributed by atoms with Gasteiger partial charge in [0, 0.05) is 5.56 Å². The summed E-state index contributed by atoms with van der Waals surface area (Å²) in [7, 11) is 0. The second-order valence-corrected chi connectivity index (χ2v) is 2.20. The molecule has 5 heteroatoms. The summed E-state index contributed by atoms with van der Waals surface area (Å²) in [5.41, 5.74) is 0.497. The molecular weight excluding hydrogens is 166 g/mol. The molecule has 1 heterocycles. The van der Waals surface area contributed by atoms with Crippen molar-refractivity contribution in [3.8, 4) is 5.88 Å². The molecule has 0 aliphatic carbocycles. The first-order valence-corrected chi connectivity index (χ1v) is 3.54. The number of alkyl halides is 2. The van der Waals surface area contributed by atoms with E-state index in [9.17, 15) is 8.78 Å². The van der Waals surface area contributed by atoms with Crippen LogP contribution in [0, 0.1) is 13.1 Å². The van der Waals surface area contributed by atoms with Crippen molar-refractivity contribution in [3.05, 3.63) is 11.8 Å². The van der Waals surface area contributed by atoms with Gasteiger partial charge in [-0.2, -0.15) is 18.6 Å². The minimum Gasteiger partial charge on any atom is -0.478 e. The molecule has 0 unspecified atom stereocenters. The van der Waals surface area contributed by atoms with E-state index in [0.29, 0.717) is 16.9 Å². The molecule has 1 radical (unpaired) electrons. The molecular formula is C7H9F2N2O. The molecule has 0 saturated heterocycles. The van der Waals surface area contributed by atoms with Gasteiger partial charge in [-0.25, -0.2) is 0 Å². The molecule has 0 spiro atoms. The molecule has 0 bridgehead atoms. The van der Waals surface area contributed by atoms with Gasteiger partial charge in [-0.05, 0) is 13.8 Å². The SMILES string of the molecule is CCOc1c(C)[c]nn1C(F)F. The Morgan fingerprint density at radius 1 is 1.67 bits per heavy atom. The van der Waals surface area contributed by atoms with E-state index >= 15 is 0 Å². The van der Waals surface area contributed by atoms with Crippen molar-refractivity contribution in [2.75, 3.05) is 6.61 Å². The topological polar surface area (TPSA) is 27.1 Å². The Balaban J connectivity index is 2.95. The first-order chi connectivity index (χ1) is 5.66. The van der Waals surface area contributed by atoms with Gasteiger partial charge in [0.25, 0.3) is 0 Å². The molecule has 0 atom stereocenters. The van der Waals surface area contributed by atoms with E-state index in [-0.39, 0.29) is 5.88 Å². The van der Waals surface area contributed by atoms with E-state index in [4.69, 9.17) is 4.74 Å². The third kappa shape index (κ3) is 1.54. The lowest BCUT2D eigenvalue weighted by molar-refractivity contribution is 0.0457. The van der Waals surface area contributed by atoms with Crippen LogP contribution in [0.15, 0.2) is 0 Å². The monoisotopic (exact) mass is 175 g/mol. The average Bonchev–Trinajstić information content (AvgIpc) is 2.34. The van der Waals surface area contributed by atoms with Crippen LogP contribution in [-0.2, 0) is 0 Å². The van der Waals surface area contributed by atoms with Gasteiger partial charge in [-0.3, -0.25) is 0 Å². The van der Waals surface area contributed by atoms with Crippen LogP contribution in [0.25, 0.3) is 0 Å². The van der Waals surface area contributed by atoms with Crippen molar-refractivity contribution < 1.29 is 13.5 Å². The fraction of sp³-hybridized carbons (Fsp3) is 0.571. The summed E-state index contributed by atoms with van der Waals surface area (Å²) in [6.45, 7) is 1.02. The number of ether oxygens (including phenoxy) is 1. The first-order valence-electron chi connectivity index (χ1n) is 3.54.